The number of carbonyl (C=O) groups excluding carboxylic acids is 1. The summed E-state index contributed by atoms with van der Waals surface area (Å²) in [6.45, 7) is 1.91. The largest absolute Gasteiger partial charge is 0.393 e. The molecule has 0 radical (unpaired) electrons. The van der Waals surface area contributed by atoms with Crippen molar-refractivity contribution in [3.05, 3.63) is 34.9 Å². The molecule has 1 amide bonds. The van der Waals surface area contributed by atoms with Gasteiger partial charge in [-0.05, 0) is 25.7 Å². The number of aliphatic hydroxyl groups is 1. The summed E-state index contributed by atoms with van der Waals surface area (Å²) in [6.07, 6.45) is 6.39. The zero-order valence-corrected chi connectivity index (χ0v) is 13.9. The molecule has 0 bridgehead atoms. The van der Waals surface area contributed by atoms with Gasteiger partial charge in [0.1, 0.15) is 6.54 Å². The summed E-state index contributed by atoms with van der Waals surface area (Å²) >= 11 is 5.96. The molecular weight excluding hydrogens is 318 g/mol. The van der Waals surface area contributed by atoms with E-state index in [1.165, 1.54) is 4.68 Å². The first-order chi connectivity index (χ1) is 10.9. The van der Waals surface area contributed by atoms with Crippen molar-refractivity contribution in [3.63, 3.8) is 0 Å². The average Bonchev–Trinajstić information content (AvgIpc) is 3.00. The summed E-state index contributed by atoms with van der Waals surface area (Å²) in [6, 6.07) is -0.147. The van der Waals surface area contributed by atoms with Gasteiger partial charge in [-0.25, -0.2) is 0 Å². The van der Waals surface area contributed by atoms with Crippen LogP contribution in [0, 0.1) is 12.8 Å². The van der Waals surface area contributed by atoms with E-state index in [4.69, 9.17) is 11.6 Å². The zero-order chi connectivity index (χ0) is 16.6. The highest BCUT2D eigenvalue weighted by atomic mass is 35.5. The lowest BCUT2D eigenvalue weighted by Gasteiger charge is -2.37. The van der Waals surface area contributed by atoms with E-state index < -0.39 is 0 Å². The lowest BCUT2D eigenvalue weighted by molar-refractivity contribution is -0.123. The average molecular weight is 338 g/mol. The molecule has 0 saturated heterocycles. The molecule has 23 heavy (non-hydrogen) atoms. The Bertz CT molecular complexity index is 685. The van der Waals surface area contributed by atoms with E-state index in [0.29, 0.717) is 23.6 Å². The number of hydrogen-bond donors (Lipinski definition) is 2. The molecule has 1 aliphatic carbocycles. The zero-order valence-electron chi connectivity index (χ0n) is 13.1. The molecule has 0 spiro atoms. The smallest absolute Gasteiger partial charge is 0.242 e. The van der Waals surface area contributed by atoms with Crippen molar-refractivity contribution in [2.24, 2.45) is 13.0 Å². The Balaban J connectivity index is 1.69. The molecule has 0 aromatic carbocycles. The first kappa shape index (κ1) is 16.0. The van der Waals surface area contributed by atoms with Crippen LogP contribution in [-0.2, 0) is 18.4 Å². The van der Waals surface area contributed by atoms with Gasteiger partial charge >= 0.3 is 0 Å². The number of hydrogen-bond acceptors (Lipinski definition) is 4. The molecule has 1 atom stereocenters. The summed E-state index contributed by atoms with van der Waals surface area (Å²) in [4.78, 5) is 12.3. The monoisotopic (exact) mass is 337 g/mol. The molecule has 124 valence electrons. The van der Waals surface area contributed by atoms with Crippen LogP contribution in [0.25, 0.3) is 0 Å². The molecule has 1 saturated carbocycles. The molecule has 1 fully saturated rings. The minimum absolute atomic E-state index is 0.111. The van der Waals surface area contributed by atoms with Crippen molar-refractivity contribution < 1.29 is 9.90 Å². The maximum atomic E-state index is 12.3. The second-order valence-corrected chi connectivity index (χ2v) is 6.55. The molecule has 0 aliphatic heterocycles. The van der Waals surface area contributed by atoms with Crippen molar-refractivity contribution in [2.45, 2.75) is 38.5 Å². The van der Waals surface area contributed by atoms with Crippen LogP contribution in [0.4, 0.5) is 0 Å². The third kappa shape index (κ3) is 3.56. The predicted molar refractivity (Wildman–Crippen MR) is 84.8 cm³/mol. The summed E-state index contributed by atoms with van der Waals surface area (Å²) in [7, 11) is 1.84. The number of aromatic nitrogens is 4. The maximum Gasteiger partial charge on any atom is 0.242 e. The van der Waals surface area contributed by atoms with Crippen LogP contribution in [-0.4, -0.2) is 36.7 Å². The maximum absolute atomic E-state index is 12.3. The highest BCUT2D eigenvalue weighted by Crippen LogP contribution is 2.37. The van der Waals surface area contributed by atoms with Crippen molar-refractivity contribution in [3.8, 4) is 0 Å². The number of nitrogens with zero attached hydrogens (tertiary/aromatic N) is 4. The number of aliphatic hydroxyl groups excluding tert-OH is 1. The first-order valence-electron chi connectivity index (χ1n) is 7.58. The standard InChI is InChI=1S/C15H20ClN5O2/c1-9-13(16)7-21(19-9)8-14(23)18-15(10-3-12(22)4-10)11-5-17-20(2)6-11/h5-7,10,12,15,22H,3-4,8H2,1-2H3,(H,18,23)/t10?,12?,15-/m0/s1. The molecule has 1 aliphatic rings. The fourth-order valence-corrected chi connectivity index (χ4v) is 3.07. The van der Waals surface area contributed by atoms with E-state index in [0.717, 1.165) is 5.56 Å². The van der Waals surface area contributed by atoms with Crippen molar-refractivity contribution in [1.82, 2.24) is 24.9 Å². The molecule has 2 N–H and O–H groups in total. The summed E-state index contributed by atoms with van der Waals surface area (Å²) in [5.74, 6) is 0.0838. The Hall–Kier alpha value is -1.86. The molecule has 0 unspecified atom stereocenters. The predicted octanol–water partition coefficient (Wildman–Crippen LogP) is 1.21. The van der Waals surface area contributed by atoms with Gasteiger partial charge in [0.2, 0.25) is 5.91 Å². The van der Waals surface area contributed by atoms with E-state index in [-0.39, 0.29) is 30.5 Å². The Morgan fingerprint density at radius 3 is 2.78 bits per heavy atom. The van der Waals surface area contributed by atoms with E-state index in [1.807, 2.05) is 13.2 Å². The molecule has 2 aromatic heterocycles. The van der Waals surface area contributed by atoms with Gasteiger partial charge in [0.15, 0.2) is 0 Å². The Labute approximate surface area is 139 Å². The summed E-state index contributed by atoms with van der Waals surface area (Å²) < 4.78 is 3.24. The van der Waals surface area contributed by atoms with Crippen LogP contribution >= 0.6 is 11.6 Å². The fraction of sp³-hybridized carbons (Fsp3) is 0.533. The van der Waals surface area contributed by atoms with Crippen molar-refractivity contribution >= 4 is 17.5 Å². The van der Waals surface area contributed by atoms with Crippen LogP contribution < -0.4 is 5.32 Å². The van der Waals surface area contributed by atoms with Crippen molar-refractivity contribution in [1.29, 1.82) is 0 Å². The highest BCUT2D eigenvalue weighted by Gasteiger charge is 2.36. The normalized spacial score (nSPS) is 21.7. The second-order valence-electron chi connectivity index (χ2n) is 6.14. The van der Waals surface area contributed by atoms with Crippen LogP contribution in [0.15, 0.2) is 18.6 Å². The molecule has 2 aromatic rings. The van der Waals surface area contributed by atoms with Gasteiger partial charge < -0.3 is 10.4 Å². The van der Waals surface area contributed by atoms with Crippen LogP contribution in [0.5, 0.6) is 0 Å². The summed E-state index contributed by atoms with van der Waals surface area (Å²) in [5, 5.41) is 21.5. The van der Waals surface area contributed by atoms with Gasteiger partial charge in [-0.1, -0.05) is 11.6 Å². The van der Waals surface area contributed by atoms with Crippen LogP contribution in [0.1, 0.15) is 30.1 Å². The molecule has 7 nitrogen and oxygen atoms in total. The van der Waals surface area contributed by atoms with Crippen molar-refractivity contribution in [2.75, 3.05) is 0 Å². The van der Waals surface area contributed by atoms with E-state index in [2.05, 4.69) is 15.5 Å². The Morgan fingerprint density at radius 2 is 2.26 bits per heavy atom. The molecule has 3 rings (SSSR count). The number of halogens is 1. The first-order valence-corrected chi connectivity index (χ1v) is 7.95. The van der Waals surface area contributed by atoms with Gasteiger partial charge in [-0.2, -0.15) is 10.2 Å². The Morgan fingerprint density at radius 1 is 1.52 bits per heavy atom. The SMILES string of the molecule is Cc1nn(CC(=O)N[C@H](c2cnn(C)c2)C2CC(O)C2)cc1Cl. The summed E-state index contributed by atoms with van der Waals surface area (Å²) in [5.41, 5.74) is 1.65. The molecule has 2 heterocycles. The molecule has 8 heteroatoms. The minimum atomic E-state index is -0.274. The van der Waals surface area contributed by atoms with E-state index in [1.54, 1.807) is 24.0 Å². The minimum Gasteiger partial charge on any atom is -0.393 e. The van der Waals surface area contributed by atoms with Gasteiger partial charge in [0.05, 0.1) is 29.1 Å². The third-order valence-corrected chi connectivity index (χ3v) is 4.58. The number of aryl methyl sites for hydroxylation is 2. The number of amides is 1. The van der Waals surface area contributed by atoms with E-state index in [9.17, 15) is 9.90 Å². The van der Waals surface area contributed by atoms with Gasteiger partial charge in [0.25, 0.3) is 0 Å². The fourth-order valence-electron chi connectivity index (χ4n) is 2.92. The topological polar surface area (TPSA) is 85.0 Å². The Kier molecular flexibility index (Phi) is 4.41. The third-order valence-electron chi connectivity index (χ3n) is 4.21. The van der Waals surface area contributed by atoms with Gasteiger partial charge in [-0.3, -0.25) is 14.2 Å². The van der Waals surface area contributed by atoms with Gasteiger partial charge in [0, 0.05) is 25.0 Å². The number of carbonyl (C=O) groups is 1. The lowest BCUT2D eigenvalue weighted by atomic mass is 9.75. The second kappa shape index (κ2) is 6.33. The lowest BCUT2D eigenvalue weighted by Crippen LogP contribution is -2.42. The van der Waals surface area contributed by atoms with Crippen LogP contribution in [0.2, 0.25) is 5.02 Å². The highest BCUT2D eigenvalue weighted by molar-refractivity contribution is 6.31. The number of nitrogens with one attached hydrogen (secondary N) is 1. The van der Waals surface area contributed by atoms with Crippen LogP contribution in [0.3, 0.4) is 0 Å². The van der Waals surface area contributed by atoms with Gasteiger partial charge in [-0.15, -0.1) is 0 Å². The molecular formula is C15H20ClN5O2. The quantitative estimate of drug-likeness (QED) is 0.858. The van der Waals surface area contributed by atoms with E-state index >= 15 is 0 Å². The number of rotatable bonds is 5.